The van der Waals surface area contributed by atoms with Crippen LogP contribution in [0.1, 0.15) is 52.7 Å². The fraction of sp³-hybridized carbons (Fsp3) is 0.179. The van der Waals surface area contributed by atoms with Crippen molar-refractivity contribution in [2.24, 2.45) is 10.8 Å². The molecule has 10 aromatic rings. The molecule has 308 valence electrons. The summed E-state index contributed by atoms with van der Waals surface area (Å²) < 4.78 is 19.9. The molecule has 0 amide bonds. The molecular formula is C56H46N2O3Pt. The maximum Gasteiger partial charge on any atom is 2.00 e. The molecule has 0 fully saturated rings. The second-order valence-electron chi connectivity index (χ2n) is 18.5. The van der Waals surface area contributed by atoms with E-state index in [1.54, 1.807) is 12.4 Å². The van der Waals surface area contributed by atoms with Gasteiger partial charge < -0.3 is 23.5 Å². The van der Waals surface area contributed by atoms with Gasteiger partial charge in [0, 0.05) is 34.3 Å². The second-order valence-corrected chi connectivity index (χ2v) is 18.5. The smallest absolute Gasteiger partial charge is 0.495 e. The normalized spacial score (nSPS) is 12.0. The first kappa shape index (κ1) is 41.1. The van der Waals surface area contributed by atoms with E-state index in [-0.39, 0.29) is 31.9 Å². The van der Waals surface area contributed by atoms with Gasteiger partial charge >= 0.3 is 21.1 Å². The number of hydrogen-bond donors (Lipinski definition) is 0. The van der Waals surface area contributed by atoms with Crippen LogP contribution in [0, 0.1) is 23.0 Å². The van der Waals surface area contributed by atoms with E-state index in [9.17, 15) is 0 Å². The number of aromatic nitrogens is 2. The summed E-state index contributed by atoms with van der Waals surface area (Å²) >= 11 is 0. The van der Waals surface area contributed by atoms with Gasteiger partial charge in [0.15, 0.2) is 0 Å². The quantitative estimate of drug-likeness (QED) is 0.142. The zero-order valence-electron chi connectivity index (χ0n) is 35.7. The Hall–Kier alpha value is -6.29. The average molecular weight is 990 g/mol. The molecule has 6 aromatic carbocycles. The maximum absolute atomic E-state index is 6.98. The summed E-state index contributed by atoms with van der Waals surface area (Å²) in [6.45, 7) is 13.6. The summed E-state index contributed by atoms with van der Waals surface area (Å²) in [6.07, 6.45) is 5.60. The molecule has 0 aliphatic rings. The van der Waals surface area contributed by atoms with Crippen LogP contribution in [0.2, 0.25) is 0 Å². The molecule has 0 spiro atoms. The van der Waals surface area contributed by atoms with Gasteiger partial charge in [0.2, 0.25) is 0 Å². The van der Waals surface area contributed by atoms with Crippen molar-refractivity contribution in [3.63, 3.8) is 0 Å². The van der Waals surface area contributed by atoms with E-state index < -0.39 is 0 Å². The van der Waals surface area contributed by atoms with E-state index in [0.717, 1.165) is 101 Å². The van der Waals surface area contributed by atoms with Gasteiger partial charge in [0.1, 0.15) is 22.7 Å². The Bertz CT molecular complexity index is 3020. The van der Waals surface area contributed by atoms with Crippen LogP contribution in [0.5, 0.6) is 11.5 Å². The molecule has 10 rings (SSSR count). The SMILES string of the molecule is CC(C)(C)Cc1ccc(-c2cc3c(-c4[c-]c(Oc5[c-]c(-c6nccc7oc(-c8ccc(CC(C)(C)C)cc8)cc67)cc6ccccc56)c5ccccc5c4)nccc3o2)cc1.[Pt+2]. The number of fused-ring (bicyclic) bond motifs is 4. The minimum absolute atomic E-state index is 0. The molecule has 0 radical (unpaired) electrons. The molecule has 5 nitrogen and oxygen atoms in total. The van der Waals surface area contributed by atoms with Crippen LogP contribution in [0.3, 0.4) is 0 Å². The number of nitrogens with zero attached hydrogens (tertiary/aromatic N) is 2. The summed E-state index contributed by atoms with van der Waals surface area (Å²) in [6, 6.07) is 53.3. The van der Waals surface area contributed by atoms with Crippen molar-refractivity contribution >= 4 is 43.5 Å². The van der Waals surface area contributed by atoms with Gasteiger partial charge in [-0.2, -0.15) is 0 Å². The summed E-state index contributed by atoms with van der Waals surface area (Å²) in [5.41, 5.74) is 9.75. The Morgan fingerprint density at radius 2 is 0.887 bits per heavy atom. The van der Waals surface area contributed by atoms with Crippen LogP contribution in [0.25, 0.3) is 88.6 Å². The van der Waals surface area contributed by atoms with Crippen molar-refractivity contribution in [1.82, 2.24) is 9.97 Å². The van der Waals surface area contributed by atoms with Crippen molar-refractivity contribution in [2.75, 3.05) is 0 Å². The van der Waals surface area contributed by atoms with Crippen molar-refractivity contribution < 1.29 is 34.6 Å². The molecule has 0 aliphatic heterocycles. The van der Waals surface area contributed by atoms with Gasteiger partial charge in [0.05, 0.1) is 11.5 Å². The number of benzene rings is 6. The molecule has 0 saturated heterocycles. The first-order chi connectivity index (χ1) is 29.4. The molecule has 0 saturated carbocycles. The standard InChI is InChI=1S/C56H46N2O3.Pt/c1-55(2,3)33-35-15-19-37(20-16-35)49-31-45-47(59-49)23-25-57-53(45)41-27-39-11-7-9-13-43(39)51(29-41)61-52-30-42(28-40-12-8-10-14-44(40)52)54-46-32-50(60-48(46)24-26-58-54)38-21-17-36(18-22-38)34-56(4,5)6;/h7-28,31-32H,33-34H2,1-6H3;/q-2;+2. The Morgan fingerprint density at radius 3 is 1.29 bits per heavy atom. The monoisotopic (exact) mass is 989 g/mol. The van der Waals surface area contributed by atoms with Crippen LogP contribution in [0.4, 0.5) is 0 Å². The van der Waals surface area contributed by atoms with Crippen LogP contribution < -0.4 is 4.74 Å². The van der Waals surface area contributed by atoms with E-state index in [1.807, 2.05) is 36.4 Å². The van der Waals surface area contributed by atoms with Crippen LogP contribution in [0.15, 0.2) is 155 Å². The first-order valence-corrected chi connectivity index (χ1v) is 21.0. The summed E-state index contributed by atoms with van der Waals surface area (Å²) in [5, 5.41) is 5.69. The van der Waals surface area contributed by atoms with Crippen molar-refractivity contribution in [3.8, 4) is 56.7 Å². The molecule has 62 heavy (non-hydrogen) atoms. The van der Waals surface area contributed by atoms with E-state index >= 15 is 0 Å². The average Bonchev–Trinajstić information content (AvgIpc) is 3.88. The third-order valence-corrected chi connectivity index (χ3v) is 11.1. The van der Waals surface area contributed by atoms with E-state index in [0.29, 0.717) is 11.5 Å². The zero-order valence-corrected chi connectivity index (χ0v) is 38.0. The number of rotatable bonds is 8. The molecule has 0 N–H and O–H groups in total. The van der Waals surface area contributed by atoms with Crippen molar-refractivity contribution in [1.29, 1.82) is 0 Å². The Morgan fingerprint density at radius 1 is 0.484 bits per heavy atom. The van der Waals surface area contributed by atoms with E-state index in [4.69, 9.17) is 23.5 Å². The Labute approximate surface area is 377 Å². The van der Waals surface area contributed by atoms with Gasteiger partial charge in [-0.05, 0) is 70.5 Å². The zero-order chi connectivity index (χ0) is 41.9. The van der Waals surface area contributed by atoms with E-state index in [2.05, 4.69) is 151 Å². The molecule has 4 heterocycles. The molecule has 6 heteroatoms. The Kier molecular flexibility index (Phi) is 10.7. The summed E-state index contributed by atoms with van der Waals surface area (Å²) in [4.78, 5) is 9.79. The number of ether oxygens (including phenoxy) is 1. The number of pyridine rings is 2. The topological polar surface area (TPSA) is 61.3 Å². The minimum atomic E-state index is 0. The van der Waals surface area contributed by atoms with Crippen molar-refractivity contribution in [2.45, 2.75) is 54.4 Å². The largest absolute Gasteiger partial charge is 2.00 e. The van der Waals surface area contributed by atoms with E-state index in [1.165, 1.54) is 11.1 Å². The molecular weight excluding hydrogens is 944 g/mol. The van der Waals surface area contributed by atoms with Crippen molar-refractivity contribution in [3.05, 3.63) is 169 Å². The fourth-order valence-corrected chi connectivity index (χ4v) is 8.38. The third kappa shape index (κ3) is 8.35. The first-order valence-electron chi connectivity index (χ1n) is 21.0. The van der Waals surface area contributed by atoms with Crippen LogP contribution in [-0.2, 0) is 33.9 Å². The molecule has 0 bridgehead atoms. The second kappa shape index (κ2) is 16.2. The van der Waals surface area contributed by atoms with Gasteiger partial charge in [-0.15, -0.1) is 23.3 Å². The molecule has 4 aromatic heterocycles. The maximum atomic E-state index is 6.98. The van der Waals surface area contributed by atoms with Gasteiger partial charge in [-0.25, -0.2) is 0 Å². The molecule has 0 atom stereocenters. The van der Waals surface area contributed by atoms with Gasteiger partial charge in [-0.3, -0.25) is 0 Å². The minimum Gasteiger partial charge on any atom is -0.495 e. The van der Waals surface area contributed by atoms with Gasteiger partial charge in [0.25, 0.3) is 0 Å². The number of hydrogen-bond acceptors (Lipinski definition) is 5. The Balaban J connectivity index is 0.00000490. The predicted octanol–water partition coefficient (Wildman–Crippen LogP) is 15.5. The van der Waals surface area contributed by atoms with Crippen LogP contribution >= 0.6 is 0 Å². The molecule has 0 aliphatic carbocycles. The van der Waals surface area contributed by atoms with Gasteiger partial charge in [-0.1, -0.05) is 172 Å². The summed E-state index contributed by atoms with van der Waals surface area (Å²) in [7, 11) is 0. The third-order valence-electron chi connectivity index (χ3n) is 11.1. The van der Waals surface area contributed by atoms with Crippen LogP contribution in [-0.4, -0.2) is 9.97 Å². The number of furan rings is 2. The molecule has 0 unspecified atom stereocenters. The summed E-state index contributed by atoms with van der Waals surface area (Å²) in [5.74, 6) is 2.75. The predicted molar refractivity (Wildman–Crippen MR) is 249 cm³/mol. The fourth-order valence-electron chi connectivity index (χ4n) is 8.38.